The number of piperidine rings is 1. The van der Waals surface area contributed by atoms with Gasteiger partial charge in [-0.05, 0) is 87.4 Å². The van der Waals surface area contributed by atoms with Crippen molar-refractivity contribution in [2.24, 2.45) is 0 Å². The largest absolute Gasteiger partial charge is 0.300 e. The van der Waals surface area contributed by atoms with Gasteiger partial charge in [0.2, 0.25) is 0 Å². The van der Waals surface area contributed by atoms with E-state index in [1.54, 1.807) is 11.1 Å². The van der Waals surface area contributed by atoms with Gasteiger partial charge in [-0.2, -0.15) is 0 Å². The number of nitrogens with zero attached hydrogens (tertiary/aromatic N) is 1. The second kappa shape index (κ2) is 5.76. The molecule has 0 N–H and O–H groups in total. The summed E-state index contributed by atoms with van der Waals surface area (Å²) in [6.45, 7) is 2.74. The molecule has 114 valence electrons. The van der Waals surface area contributed by atoms with E-state index < -0.39 is 0 Å². The summed E-state index contributed by atoms with van der Waals surface area (Å²) in [5.41, 5.74) is 3.91. The van der Waals surface area contributed by atoms with Gasteiger partial charge in [-0.3, -0.25) is 0 Å². The summed E-state index contributed by atoms with van der Waals surface area (Å²) < 4.78 is 0. The fourth-order valence-corrected chi connectivity index (χ4v) is 5.33. The van der Waals surface area contributed by atoms with Gasteiger partial charge in [0, 0.05) is 6.04 Å². The summed E-state index contributed by atoms with van der Waals surface area (Å²) in [7, 11) is 0. The van der Waals surface area contributed by atoms with E-state index >= 15 is 0 Å². The summed E-state index contributed by atoms with van der Waals surface area (Å²) in [5, 5.41) is 0. The number of likely N-dealkylation sites (tertiary alicyclic amines) is 1. The molecule has 1 heteroatoms. The molecule has 0 aromatic heterocycles. The third kappa shape index (κ3) is 2.54. The molecule has 0 amide bonds. The van der Waals surface area contributed by atoms with Crippen molar-refractivity contribution in [3.8, 4) is 0 Å². The van der Waals surface area contributed by atoms with Gasteiger partial charge in [-0.15, -0.1) is 0 Å². The van der Waals surface area contributed by atoms with Crippen LogP contribution in [0, 0.1) is 0 Å². The quantitative estimate of drug-likeness (QED) is 0.723. The Morgan fingerprint density at radius 2 is 1.62 bits per heavy atom. The molecule has 0 atom stereocenters. The van der Waals surface area contributed by atoms with Crippen molar-refractivity contribution in [1.29, 1.82) is 0 Å². The van der Waals surface area contributed by atoms with Crippen molar-refractivity contribution < 1.29 is 0 Å². The number of hydrogen-bond donors (Lipinski definition) is 0. The number of rotatable bonds is 1. The predicted octanol–water partition coefficient (Wildman–Crippen LogP) is 4.69. The summed E-state index contributed by atoms with van der Waals surface area (Å²) in [6.07, 6.45) is 14.2. The average Bonchev–Trinajstić information content (AvgIpc) is 2.57. The van der Waals surface area contributed by atoms with Crippen LogP contribution in [0.2, 0.25) is 0 Å². The highest BCUT2D eigenvalue weighted by atomic mass is 15.2. The Labute approximate surface area is 129 Å². The zero-order valence-electron chi connectivity index (χ0n) is 13.3. The van der Waals surface area contributed by atoms with Crippen LogP contribution in [-0.2, 0) is 11.8 Å². The Bertz CT molecular complexity index is 478. The fraction of sp³-hybridized carbons (Fsp3) is 0.700. The highest BCUT2D eigenvalue weighted by molar-refractivity contribution is 5.37. The van der Waals surface area contributed by atoms with E-state index in [1.165, 1.54) is 77.3 Å². The maximum absolute atomic E-state index is 2.81. The lowest BCUT2D eigenvalue weighted by Crippen LogP contribution is -2.45. The first-order chi connectivity index (χ1) is 10.4. The summed E-state index contributed by atoms with van der Waals surface area (Å²) >= 11 is 0. The third-order valence-electron chi connectivity index (χ3n) is 6.51. The molecule has 1 saturated heterocycles. The minimum absolute atomic E-state index is 0.543. The minimum Gasteiger partial charge on any atom is -0.300 e. The molecule has 1 aliphatic heterocycles. The average molecular weight is 283 g/mol. The highest BCUT2D eigenvalue weighted by Crippen LogP contribution is 2.48. The van der Waals surface area contributed by atoms with Crippen molar-refractivity contribution in [1.82, 2.24) is 4.90 Å². The van der Waals surface area contributed by atoms with Gasteiger partial charge in [0.05, 0.1) is 0 Å². The van der Waals surface area contributed by atoms with Crippen LogP contribution in [0.4, 0.5) is 0 Å². The Balaban J connectivity index is 1.49. The van der Waals surface area contributed by atoms with Gasteiger partial charge in [0.25, 0.3) is 0 Å². The Morgan fingerprint density at radius 1 is 0.857 bits per heavy atom. The van der Waals surface area contributed by atoms with Crippen LogP contribution in [0.25, 0.3) is 0 Å². The van der Waals surface area contributed by atoms with E-state index in [1.807, 2.05) is 0 Å². The second-order valence-corrected chi connectivity index (χ2v) is 7.62. The van der Waals surface area contributed by atoms with Gasteiger partial charge in [-0.1, -0.05) is 30.7 Å². The summed E-state index contributed by atoms with van der Waals surface area (Å²) in [5.74, 6) is 0. The number of fused-ring (bicyclic) bond motifs is 2. The number of aryl methyl sites for hydroxylation is 1. The minimum atomic E-state index is 0.543. The van der Waals surface area contributed by atoms with Gasteiger partial charge in [0.15, 0.2) is 0 Å². The van der Waals surface area contributed by atoms with E-state index in [-0.39, 0.29) is 0 Å². The van der Waals surface area contributed by atoms with Crippen LogP contribution >= 0.6 is 0 Å². The molecule has 1 aromatic rings. The maximum atomic E-state index is 2.81. The van der Waals surface area contributed by atoms with Gasteiger partial charge < -0.3 is 4.90 Å². The van der Waals surface area contributed by atoms with Gasteiger partial charge >= 0.3 is 0 Å². The van der Waals surface area contributed by atoms with Crippen molar-refractivity contribution in [3.63, 3.8) is 0 Å². The molecule has 21 heavy (non-hydrogen) atoms. The van der Waals surface area contributed by atoms with E-state index in [9.17, 15) is 0 Å². The standard InChI is InChI=1S/C20H29N/c1-4-15-21(16-5-1)18-10-13-20(14-11-18)12-6-8-17-7-2-3-9-19(17)20/h2-3,7,9,18H,1,4-6,8,10-16H2. The molecule has 1 saturated carbocycles. The SMILES string of the molecule is c1ccc2c(c1)CCCC21CCC(N2CCCCC2)CC1. The Morgan fingerprint density at radius 3 is 2.43 bits per heavy atom. The molecule has 2 aliphatic carbocycles. The first-order valence-corrected chi connectivity index (χ1v) is 9.20. The Hall–Kier alpha value is -0.820. The van der Waals surface area contributed by atoms with Crippen molar-refractivity contribution in [3.05, 3.63) is 35.4 Å². The van der Waals surface area contributed by atoms with Crippen LogP contribution in [-0.4, -0.2) is 24.0 Å². The molecule has 0 unspecified atom stereocenters. The molecule has 0 bridgehead atoms. The third-order valence-corrected chi connectivity index (χ3v) is 6.51. The van der Waals surface area contributed by atoms with Gasteiger partial charge in [0.1, 0.15) is 0 Å². The molecule has 1 nitrogen and oxygen atoms in total. The molecule has 1 spiro atoms. The lowest BCUT2D eigenvalue weighted by Gasteiger charge is -2.47. The first-order valence-electron chi connectivity index (χ1n) is 9.20. The second-order valence-electron chi connectivity index (χ2n) is 7.62. The van der Waals surface area contributed by atoms with Crippen LogP contribution in [0.5, 0.6) is 0 Å². The van der Waals surface area contributed by atoms with Crippen LogP contribution in [0.15, 0.2) is 24.3 Å². The van der Waals surface area contributed by atoms with Crippen LogP contribution in [0.1, 0.15) is 68.9 Å². The summed E-state index contributed by atoms with van der Waals surface area (Å²) in [6, 6.07) is 10.2. The fourth-order valence-electron chi connectivity index (χ4n) is 5.33. The molecular formula is C20H29N. The monoisotopic (exact) mass is 283 g/mol. The van der Waals surface area contributed by atoms with Crippen molar-refractivity contribution in [2.45, 2.75) is 75.7 Å². The van der Waals surface area contributed by atoms with E-state index in [4.69, 9.17) is 0 Å². The van der Waals surface area contributed by atoms with Crippen LogP contribution in [0.3, 0.4) is 0 Å². The zero-order chi connectivity index (χ0) is 14.1. The van der Waals surface area contributed by atoms with Crippen molar-refractivity contribution >= 4 is 0 Å². The topological polar surface area (TPSA) is 3.24 Å². The molecule has 4 rings (SSSR count). The van der Waals surface area contributed by atoms with Gasteiger partial charge in [-0.25, -0.2) is 0 Å². The smallest absolute Gasteiger partial charge is 0.00958 e. The van der Waals surface area contributed by atoms with E-state index in [0.717, 1.165) is 6.04 Å². The predicted molar refractivity (Wildman–Crippen MR) is 88.7 cm³/mol. The molecule has 2 fully saturated rings. The molecule has 1 heterocycles. The maximum Gasteiger partial charge on any atom is 0.00958 e. The molecule has 3 aliphatic rings. The number of hydrogen-bond acceptors (Lipinski definition) is 1. The lowest BCUT2D eigenvalue weighted by atomic mass is 9.61. The summed E-state index contributed by atoms with van der Waals surface area (Å²) in [4.78, 5) is 2.81. The first kappa shape index (κ1) is 13.8. The molecular weight excluding hydrogens is 254 g/mol. The number of benzene rings is 1. The van der Waals surface area contributed by atoms with E-state index in [2.05, 4.69) is 29.2 Å². The normalized spacial score (nSPS) is 33.8. The Kier molecular flexibility index (Phi) is 3.79. The highest BCUT2D eigenvalue weighted by Gasteiger charge is 2.40. The van der Waals surface area contributed by atoms with Crippen molar-refractivity contribution in [2.75, 3.05) is 13.1 Å². The molecule has 1 aromatic carbocycles. The molecule has 0 radical (unpaired) electrons. The zero-order valence-corrected chi connectivity index (χ0v) is 13.3. The lowest BCUT2D eigenvalue weighted by molar-refractivity contribution is 0.0982. The van der Waals surface area contributed by atoms with E-state index in [0.29, 0.717) is 5.41 Å². The van der Waals surface area contributed by atoms with Crippen LogP contribution < -0.4 is 0 Å².